The highest BCUT2D eigenvalue weighted by atomic mass is 16.5. The molecule has 0 aliphatic carbocycles. The van der Waals surface area contributed by atoms with Crippen molar-refractivity contribution in [2.45, 2.75) is 40.0 Å². The standard InChI is InChI=1S/C29H30N2O3/c1-18-11-16-22(19(2)17-18)25-26(30-23-9-7-8-10-24(23)34-6)28(33)31(27(25)32)21-14-12-20(13-15-21)29(3,4)5/h7-17,30H,1-6H3. The molecule has 1 aliphatic rings. The number of hydrogen-bond acceptors (Lipinski definition) is 4. The lowest BCUT2D eigenvalue weighted by Crippen LogP contribution is -2.32. The van der Waals surface area contributed by atoms with Crippen LogP contribution in [-0.2, 0) is 15.0 Å². The number of hydrogen-bond donors (Lipinski definition) is 1. The summed E-state index contributed by atoms with van der Waals surface area (Å²) < 4.78 is 5.46. The number of ether oxygens (including phenoxy) is 1. The fourth-order valence-electron chi connectivity index (χ4n) is 4.22. The molecule has 3 aromatic carbocycles. The molecule has 0 aromatic heterocycles. The predicted molar refractivity (Wildman–Crippen MR) is 137 cm³/mol. The van der Waals surface area contributed by atoms with Gasteiger partial charge < -0.3 is 10.1 Å². The number of carbonyl (C=O) groups is 2. The summed E-state index contributed by atoms with van der Waals surface area (Å²) in [6, 6.07) is 20.8. The molecule has 0 unspecified atom stereocenters. The van der Waals surface area contributed by atoms with Gasteiger partial charge in [-0.25, -0.2) is 4.90 Å². The van der Waals surface area contributed by atoms with Gasteiger partial charge in [-0.1, -0.05) is 68.8 Å². The van der Waals surface area contributed by atoms with Gasteiger partial charge in [0.25, 0.3) is 11.8 Å². The van der Waals surface area contributed by atoms with E-state index >= 15 is 0 Å². The Labute approximate surface area is 201 Å². The molecule has 1 aliphatic heterocycles. The maximum atomic E-state index is 13.8. The van der Waals surface area contributed by atoms with Crippen molar-refractivity contribution in [3.63, 3.8) is 0 Å². The molecular weight excluding hydrogens is 424 g/mol. The maximum absolute atomic E-state index is 13.8. The third-order valence-corrected chi connectivity index (χ3v) is 6.09. The summed E-state index contributed by atoms with van der Waals surface area (Å²) in [5, 5.41) is 3.21. The second-order valence-corrected chi connectivity index (χ2v) is 9.64. The normalized spacial score (nSPS) is 14.1. The zero-order chi connectivity index (χ0) is 24.6. The third kappa shape index (κ3) is 4.21. The van der Waals surface area contributed by atoms with E-state index in [4.69, 9.17) is 4.74 Å². The number of benzene rings is 3. The Balaban J connectivity index is 1.83. The first-order valence-electron chi connectivity index (χ1n) is 11.3. The van der Waals surface area contributed by atoms with Gasteiger partial charge in [-0.2, -0.15) is 0 Å². The van der Waals surface area contributed by atoms with Gasteiger partial charge in [0.2, 0.25) is 0 Å². The van der Waals surface area contributed by atoms with E-state index in [-0.39, 0.29) is 17.0 Å². The molecule has 34 heavy (non-hydrogen) atoms. The van der Waals surface area contributed by atoms with Gasteiger partial charge in [0.1, 0.15) is 11.4 Å². The van der Waals surface area contributed by atoms with Crippen LogP contribution in [-0.4, -0.2) is 18.9 Å². The smallest absolute Gasteiger partial charge is 0.282 e. The van der Waals surface area contributed by atoms with Gasteiger partial charge in [0, 0.05) is 0 Å². The molecule has 0 bridgehead atoms. The Morgan fingerprint density at radius 1 is 0.853 bits per heavy atom. The zero-order valence-electron chi connectivity index (χ0n) is 20.5. The number of anilines is 2. The van der Waals surface area contributed by atoms with Crippen LogP contribution in [0.3, 0.4) is 0 Å². The highest BCUT2D eigenvalue weighted by Crippen LogP contribution is 2.37. The largest absolute Gasteiger partial charge is 0.495 e. The first-order valence-corrected chi connectivity index (χ1v) is 11.3. The maximum Gasteiger partial charge on any atom is 0.282 e. The van der Waals surface area contributed by atoms with Gasteiger partial charge in [-0.3, -0.25) is 9.59 Å². The van der Waals surface area contributed by atoms with Crippen LogP contribution in [0.5, 0.6) is 5.75 Å². The average molecular weight is 455 g/mol. The quantitative estimate of drug-likeness (QED) is 0.480. The van der Waals surface area contributed by atoms with Crippen LogP contribution in [0, 0.1) is 13.8 Å². The zero-order valence-corrected chi connectivity index (χ0v) is 20.5. The topological polar surface area (TPSA) is 58.6 Å². The van der Waals surface area contributed by atoms with Crippen LogP contribution in [0.25, 0.3) is 5.57 Å². The Kier molecular flexibility index (Phi) is 6.05. The molecule has 3 aromatic rings. The number of amides is 2. The van der Waals surface area contributed by atoms with Crippen LogP contribution in [0.2, 0.25) is 0 Å². The molecule has 0 spiro atoms. The predicted octanol–water partition coefficient (Wildman–Crippen LogP) is 6.01. The van der Waals surface area contributed by atoms with E-state index in [9.17, 15) is 9.59 Å². The van der Waals surface area contributed by atoms with Crippen LogP contribution in [0.4, 0.5) is 11.4 Å². The van der Waals surface area contributed by atoms with Crippen molar-refractivity contribution in [3.05, 3.63) is 94.7 Å². The van der Waals surface area contributed by atoms with Gasteiger partial charge in [0.05, 0.1) is 24.1 Å². The van der Waals surface area contributed by atoms with Crippen LogP contribution < -0.4 is 15.0 Å². The average Bonchev–Trinajstić information content (AvgIpc) is 3.03. The van der Waals surface area contributed by atoms with Gasteiger partial charge >= 0.3 is 0 Å². The summed E-state index contributed by atoms with van der Waals surface area (Å²) in [7, 11) is 1.57. The summed E-state index contributed by atoms with van der Waals surface area (Å²) in [5.74, 6) is -0.157. The Bertz CT molecular complexity index is 1300. The first-order chi connectivity index (χ1) is 16.1. The lowest BCUT2D eigenvalue weighted by molar-refractivity contribution is -0.120. The minimum Gasteiger partial charge on any atom is -0.495 e. The SMILES string of the molecule is COc1ccccc1NC1=C(c2ccc(C)cc2C)C(=O)N(c2ccc(C(C)(C)C)cc2)C1=O. The summed E-state index contributed by atoms with van der Waals surface area (Å²) in [5.41, 5.74) is 5.61. The lowest BCUT2D eigenvalue weighted by Gasteiger charge is -2.21. The number of para-hydroxylation sites is 2. The lowest BCUT2D eigenvalue weighted by atomic mass is 9.87. The Morgan fingerprint density at radius 3 is 2.15 bits per heavy atom. The van der Waals surface area contributed by atoms with E-state index in [2.05, 4.69) is 26.1 Å². The highest BCUT2D eigenvalue weighted by molar-refractivity contribution is 6.46. The van der Waals surface area contributed by atoms with E-state index in [1.165, 1.54) is 4.90 Å². The number of methoxy groups -OCH3 is 1. The third-order valence-electron chi connectivity index (χ3n) is 6.09. The van der Waals surface area contributed by atoms with Gasteiger partial charge in [0.15, 0.2) is 0 Å². The Morgan fingerprint density at radius 2 is 1.53 bits per heavy atom. The molecular formula is C29H30N2O3. The fraction of sp³-hybridized carbons (Fsp3) is 0.241. The van der Waals surface area contributed by atoms with E-state index in [0.29, 0.717) is 22.7 Å². The molecule has 0 radical (unpaired) electrons. The van der Waals surface area contributed by atoms with E-state index < -0.39 is 5.91 Å². The number of imide groups is 1. The summed E-state index contributed by atoms with van der Waals surface area (Å²) in [6.07, 6.45) is 0. The molecule has 0 fully saturated rings. The van der Waals surface area contributed by atoms with Crippen molar-refractivity contribution in [2.24, 2.45) is 0 Å². The molecule has 0 atom stereocenters. The summed E-state index contributed by atoms with van der Waals surface area (Å²) in [4.78, 5) is 28.7. The number of carbonyl (C=O) groups excluding carboxylic acids is 2. The van der Waals surface area contributed by atoms with E-state index in [1.54, 1.807) is 7.11 Å². The number of nitrogens with zero attached hydrogens (tertiary/aromatic N) is 1. The fourth-order valence-corrected chi connectivity index (χ4v) is 4.22. The first kappa shape index (κ1) is 23.3. The molecule has 2 amide bonds. The minimum absolute atomic E-state index is 0.0312. The van der Waals surface area contributed by atoms with Crippen molar-refractivity contribution < 1.29 is 14.3 Å². The minimum atomic E-state index is -0.394. The highest BCUT2D eigenvalue weighted by Gasteiger charge is 2.41. The molecule has 0 saturated heterocycles. The molecule has 4 rings (SSSR count). The second-order valence-electron chi connectivity index (χ2n) is 9.64. The van der Waals surface area contributed by atoms with Crippen LogP contribution in [0.15, 0.2) is 72.4 Å². The summed E-state index contributed by atoms with van der Waals surface area (Å²) in [6.45, 7) is 10.3. The Hall–Kier alpha value is -3.86. The molecule has 5 heteroatoms. The number of rotatable bonds is 5. The van der Waals surface area contributed by atoms with Crippen molar-refractivity contribution in [2.75, 3.05) is 17.3 Å². The van der Waals surface area contributed by atoms with Crippen LogP contribution >= 0.6 is 0 Å². The van der Waals surface area contributed by atoms with Crippen molar-refractivity contribution in [3.8, 4) is 5.75 Å². The summed E-state index contributed by atoms with van der Waals surface area (Å²) >= 11 is 0. The van der Waals surface area contributed by atoms with Gasteiger partial charge in [-0.05, 0) is 60.2 Å². The monoisotopic (exact) mass is 454 g/mol. The van der Waals surface area contributed by atoms with Gasteiger partial charge in [-0.15, -0.1) is 0 Å². The molecule has 1 heterocycles. The van der Waals surface area contributed by atoms with Crippen molar-refractivity contribution >= 4 is 28.8 Å². The van der Waals surface area contributed by atoms with Crippen molar-refractivity contribution in [1.29, 1.82) is 0 Å². The molecule has 0 saturated carbocycles. The van der Waals surface area contributed by atoms with Crippen molar-refractivity contribution in [1.82, 2.24) is 0 Å². The number of nitrogens with one attached hydrogen (secondary N) is 1. The van der Waals surface area contributed by atoms with E-state index in [0.717, 1.165) is 22.3 Å². The number of aryl methyl sites for hydroxylation is 2. The molecule has 174 valence electrons. The second kappa shape index (κ2) is 8.82. The van der Waals surface area contributed by atoms with Crippen LogP contribution in [0.1, 0.15) is 43.0 Å². The molecule has 5 nitrogen and oxygen atoms in total. The molecule has 1 N–H and O–H groups in total. The van der Waals surface area contributed by atoms with E-state index in [1.807, 2.05) is 80.6 Å².